The molecule has 2 aromatic rings. The molecule has 0 aromatic heterocycles. The van der Waals surface area contributed by atoms with Crippen LogP contribution in [0.1, 0.15) is 26.3 Å². The first-order valence-electron chi connectivity index (χ1n) is 6.35. The molecule has 1 amide bonds. The first-order chi connectivity index (χ1) is 10.1. The molecule has 0 saturated heterocycles. The highest BCUT2D eigenvalue weighted by Gasteiger charge is 2.16. The number of carbonyl (C=O) groups is 2. The van der Waals surface area contributed by atoms with E-state index in [2.05, 4.69) is 10.1 Å². The van der Waals surface area contributed by atoms with Crippen LogP contribution in [0.5, 0.6) is 5.75 Å². The molecule has 0 atom stereocenters. The van der Waals surface area contributed by atoms with Crippen LogP contribution in [0.4, 0.5) is 0 Å². The molecule has 0 spiro atoms. The van der Waals surface area contributed by atoms with E-state index < -0.39 is 5.97 Å². The van der Waals surface area contributed by atoms with Crippen molar-refractivity contribution in [2.75, 3.05) is 7.11 Å². The molecule has 5 heteroatoms. The fraction of sp³-hybridized carbons (Fsp3) is 0.125. The summed E-state index contributed by atoms with van der Waals surface area (Å²) >= 11 is 0. The first kappa shape index (κ1) is 14.6. The summed E-state index contributed by atoms with van der Waals surface area (Å²) in [7, 11) is 1.27. The second-order valence-electron chi connectivity index (χ2n) is 4.39. The molecular weight excluding hydrogens is 270 g/mol. The number of amides is 1. The number of benzene rings is 2. The molecule has 0 heterocycles. The number of carbonyl (C=O) groups excluding carboxylic acids is 2. The number of methoxy groups -OCH3 is 1. The fourth-order valence-electron chi connectivity index (χ4n) is 1.91. The number of rotatable bonds is 4. The van der Waals surface area contributed by atoms with Crippen molar-refractivity contribution in [2.24, 2.45) is 0 Å². The SMILES string of the molecule is COC(=O)c1ccccc1C(=O)NCc1cccc(O)c1. The van der Waals surface area contributed by atoms with Crippen molar-refractivity contribution >= 4 is 11.9 Å². The molecule has 0 aliphatic carbocycles. The van der Waals surface area contributed by atoms with Crippen LogP contribution < -0.4 is 5.32 Å². The summed E-state index contributed by atoms with van der Waals surface area (Å²) in [6.45, 7) is 0.253. The Balaban J connectivity index is 2.12. The number of nitrogens with one attached hydrogen (secondary N) is 1. The molecule has 0 aliphatic heterocycles. The summed E-state index contributed by atoms with van der Waals surface area (Å²) in [5.41, 5.74) is 1.23. The normalized spacial score (nSPS) is 9.95. The zero-order valence-corrected chi connectivity index (χ0v) is 11.5. The minimum Gasteiger partial charge on any atom is -0.508 e. The van der Waals surface area contributed by atoms with E-state index in [0.717, 1.165) is 5.56 Å². The van der Waals surface area contributed by atoms with E-state index in [9.17, 15) is 14.7 Å². The van der Waals surface area contributed by atoms with Gasteiger partial charge in [0.05, 0.1) is 18.2 Å². The smallest absolute Gasteiger partial charge is 0.338 e. The zero-order chi connectivity index (χ0) is 15.2. The molecule has 0 saturated carbocycles. The minimum atomic E-state index is -0.557. The summed E-state index contributed by atoms with van der Waals surface area (Å²) in [5.74, 6) is -0.797. The Kier molecular flexibility index (Phi) is 4.56. The average Bonchev–Trinajstić information content (AvgIpc) is 2.52. The van der Waals surface area contributed by atoms with Gasteiger partial charge in [0.25, 0.3) is 5.91 Å². The van der Waals surface area contributed by atoms with Crippen molar-refractivity contribution in [3.8, 4) is 5.75 Å². The predicted molar refractivity (Wildman–Crippen MR) is 77.1 cm³/mol. The maximum absolute atomic E-state index is 12.2. The largest absolute Gasteiger partial charge is 0.508 e. The molecule has 0 bridgehead atoms. The van der Waals surface area contributed by atoms with Crippen LogP contribution in [0.3, 0.4) is 0 Å². The van der Waals surface area contributed by atoms with Crippen LogP contribution in [0.2, 0.25) is 0 Å². The van der Waals surface area contributed by atoms with E-state index in [0.29, 0.717) is 0 Å². The van der Waals surface area contributed by atoms with E-state index >= 15 is 0 Å². The molecule has 2 N–H and O–H groups in total. The van der Waals surface area contributed by atoms with Gasteiger partial charge >= 0.3 is 5.97 Å². The van der Waals surface area contributed by atoms with Gasteiger partial charge in [-0.25, -0.2) is 4.79 Å². The van der Waals surface area contributed by atoms with Crippen molar-refractivity contribution < 1.29 is 19.4 Å². The maximum Gasteiger partial charge on any atom is 0.338 e. The van der Waals surface area contributed by atoms with E-state index in [1.807, 2.05) is 0 Å². The topological polar surface area (TPSA) is 75.6 Å². The standard InChI is InChI=1S/C16H15NO4/c1-21-16(20)14-8-3-2-7-13(14)15(19)17-10-11-5-4-6-12(18)9-11/h2-9,18H,10H2,1H3,(H,17,19). The number of phenolic OH excluding ortho intramolecular Hbond substituents is 1. The number of esters is 1. The Morgan fingerprint density at radius 3 is 2.48 bits per heavy atom. The van der Waals surface area contributed by atoms with Crippen LogP contribution in [0.15, 0.2) is 48.5 Å². The number of hydrogen-bond acceptors (Lipinski definition) is 4. The molecule has 0 radical (unpaired) electrons. The summed E-state index contributed by atoms with van der Waals surface area (Å²) in [6, 6.07) is 13.0. The lowest BCUT2D eigenvalue weighted by atomic mass is 10.1. The van der Waals surface area contributed by atoms with Gasteiger partial charge in [0, 0.05) is 6.54 Å². The van der Waals surface area contributed by atoms with Gasteiger partial charge in [-0.2, -0.15) is 0 Å². The number of ether oxygens (including phenoxy) is 1. The third kappa shape index (κ3) is 3.60. The van der Waals surface area contributed by atoms with Gasteiger partial charge in [0.1, 0.15) is 5.75 Å². The second kappa shape index (κ2) is 6.56. The van der Waals surface area contributed by atoms with Crippen molar-refractivity contribution in [1.29, 1.82) is 0 Å². The van der Waals surface area contributed by atoms with Gasteiger partial charge in [0.2, 0.25) is 0 Å². The maximum atomic E-state index is 12.2. The number of hydrogen-bond donors (Lipinski definition) is 2. The Morgan fingerprint density at radius 1 is 1.10 bits per heavy atom. The Hall–Kier alpha value is -2.82. The van der Waals surface area contributed by atoms with Gasteiger partial charge < -0.3 is 15.2 Å². The third-order valence-corrected chi connectivity index (χ3v) is 2.94. The lowest BCUT2D eigenvalue weighted by Gasteiger charge is -2.09. The van der Waals surface area contributed by atoms with E-state index in [1.165, 1.54) is 13.2 Å². The van der Waals surface area contributed by atoms with Crippen LogP contribution >= 0.6 is 0 Å². The van der Waals surface area contributed by atoms with Gasteiger partial charge in [-0.15, -0.1) is 0 Å². The summed E-state index contributed by atoms with van der Waals surface area (Å²) in [4.78, 5) is 23.8. The third-order valence-electron chi connectivity index (χ3n) is 2.94. The molecule has 21 heavy (non-hydrogen) atoms. The first-order valence-corrected chi connectivity index (χ1v) is 6.35. The summed E-state index contributed by atoms with van der Waals surface area (Å²) in [6.07, 6.45) is 0. The monoisotopic (exact) mass is 285 g/mol. The van der Waals surface area contributed by atoms with E-state index in [-0.39, 0.29) is 29.3 Å². The van der Waals surface area contributed by atoms with E-state index in [1.54, 1.807) is 42.5 Å². The quantitative estimate of drug-likeness (QED) is 0.844. The van der Waals surface area contributed by atoms with Crippen molar-refractivity contribution in [3.63, 3.8) is 0 Å². The molecular formula is C16H15NO4. The van der Waals surface area contributed by atoms with Gasteiger partial charge in [-0.1, -0.05) is 24.3 Å². The number of aromatic hydroxyl groups is 1. The lowest BCUT2D eigenvalue weighted by Crippen LogP contribution is -2.25. The molecule has 5 nitrogen and oxygen atoms in total. The second-order valence-corrected chi connectivity index (χ2v) is 4.39. The highest BCUT2D eigenvalue weighted by molar-refractivity contribution is 6.05. The Bertz CT molecular complexity index is 667. The predicted octanol–water partition coefficient (Wildman–Crippen LogP) is 2.11. The Morgan fingerprint density at radius 2 is 1.81 bits per heavy atom. The molecule has 0 unspecified atom stereocenters. The van der Waals surface area contributed by atoms with E-state index in [4.69, 9.17) is 0 Å². The Labute approximate surface area is 122 Å². The molecule has 2 aromatic carbocycles. The van der Waals surface area contributed by atoms with Crippen LogP contribution in [0, 0.1) is 0 Å². The van der Waals surface area contributed by atoms with Crippen molar-refractivity contribution in [3.05, 3.63) is 65.2 Å². The van der Waals surface area contributed by atoms with Crippen LogP contribution in [0.25, 0.3) is 0 Å². The molecule has 0 fully saturated rings. The van der Waals surface area contributed by atoms with Gasteiger partial charge in [-0.05, 0) is 29.8 Å². The fourth-order valence-corrected chi connectivity index (χ4v) is 1.91. The highest BCUT2D eigenvalue weighted by Crippen LogP contribution is 2.12. The van der Waals surface area contributed by atoms with Gasteiger partial charge in [-0.3, -0.25) is 4.79 Å². The minimum absolute atomic E-state index is 0.136. The number of phenols is 1. The van der Waals surface area contributed by atoms with Crippen LogP contribution in [-0.2, 0) is 11.3 Å². The average molecular weight is 285 g/mol. The summed E-state index contributed by atoms with van der Waals surface area (Å²) in [5, 5.41) is 12.1. The van der Waals surface area contributed by atoms with Crippen LogP contribution in [-0.4, -0.2) is 24.1 Å². The molecule has 0 aliphatic rings. The van der Waals surface area contributed by atoms with Crippen molar-refractivity contribution in [1.82, 2.24) is 5.32 Å². The summed E-state index contributed by atoms with van der Waals surface area (Å²) < 4.78 is 4.65. The van der Waals surface area contributed by atoms with Crippen molar-refractivity contribution in [2.45, 2.75) is 6.54 Å². The van der Waals surface area contributed by atoms with Gasteiger partial charge in [0.15, 0.2) is 0 Å². The lowest BCUT2D eigenvalue weighted by molar-refractivity contribution is 0.0596. The highest BCUT2D eigenvalue weighted by atomic mass is 16.5. The molecule has 108 valence electrons. The zero-order valence-electron chi connectivity index (χ0n) is 11.5. The molecule has 2 rings (SSSR count).